The Morgan fingerprint density at radius 1 is 1.27 bits per heavy atom. The fourth-order valence-electron chi connectivity index (χ4n) is 2.66. The number of aromatic nitrogens is 3. The first-order valence-corrected chi connectivity index (χ1v) is 9.15. The topological polar surface area (TPSA) is 67.1 Å². The summed E-state index contributed by atoms with van der Waals surface area (Å²) >= 11 is 0. The zero-order valence-electron chi connectivity index (χ0n) is 16.0. The lowest BCUT2D eigenvalue weighted by Gasteiger charge is -2.18. The lowest BCUT2D eigenvalue weighted by Crippen LogP contribution is -2.41. The highest BCUT2D eigenvalue weighted by Gasteiger charge is 2.06. The molecule has 0 aliphatic carbocycles. The minimum atomic E-state index is 0. The van der Waals surface area contributed by atoms with Gasteiger partial charge in [0.15, 0.2) is 11.8 Å². The average Bonchev–Trinajstić information content (AvgIpc) is 3.17. The molecule has 0 aliphatic heterocycles. The van der Waals surface area contributed by atoms with Crippen molar-refractivity contribution >= 4 is 29.9 Å². The second-order valence-electron chi connectivity index (χ2n) is 6.29. The molecule has 0 amide bonds. The number of pyridine rings is 1. The average molecular weight is 470 g/mol. The molecule has 0 radical (unpaired) electrons. The van der Waals surface area contributed by atoms with Gasteiger partial charge in [-0.2, -0.15) is 5.10 Å². The Kier molecular flexibility index (Phi) is 10.9. The standard InChI is InChI=1S/C19H30N6.HI/c1-4-5-6-7-9-16(2)24-19(20-3)22-15-17-10-12-21-18(14-17)25-13-8-11-23-25;/h8,10-14,16H,4-7,9,15H2,1-3H3,(H2,20,22,24);1H. The normalized spacial score (nSPS) is 12.3. The minimum Gasteiger partial charge on any atom is -0.354 e. The van der Waals surface area contributed by atoms with Crippen molar-refractivity contribution in [3.63, 3.8) is 0 Å². The first kappa shape index (κ1) is 22.4. The van der Waals surface area contributed by atoms with Crippen molar-refractivity contribution in [1.82, 2.24) is 25.4 Å². The van der Waals surface area contributed by atoms with E-state index in [-0.39, 0.29) is 24.0 Å². The molecule has 2 heterocycles. The molecule has 6 nitrogen and oxygen atoms in total. The van der Waals surface area contributed by atoms with Crippen LogP contribution in [0, 0.1) is 0 Å². The number of rotatable bonds is 9. The Bertz CT molecular complexity index is 641. The summed E-state index contributed by atoms with van der Waals surface area (Å²) in [6.45, 7) is 5.14. The van der Waals surface area contributed by atoms with Gasteiger partial charge in [0, 0.05) is 38.2 Å². The van der Waals surface area contributed by atoms with Gasteiger partial charge >= 0.3 is 0 Å². The molecule has 2 rings (SSSR count). The van der Waals surface area contributed by atoms with E-state index in [2.05, 4.69) is 39.6 Å². The summed E-state index contributed by atoms with van der Waals surface area (Å²) < 4.78 is 1.76. The third kappa shape index (κ3) is 7.72. The van der Waals surface area contributed by atoms with E-state index in [1.54, 1.807) is 24.1 Å². The molecule has 144 valence electrons. The molecule has 0 bridgehead atoms. The van der Waals surface area contributed by atoms with Crippen LogP contribution in [0.15, 0.2) is 41.8 Å². The van der Waals surface area contributed by atoms with Crippen molar-refractivity contribution in [1.29, 1.82) is 0 Å². The molecule has 7 heteroatoms. The summed E-state index contributed by atoms with van der Waals surface area (Å²) in [6.07, 6.45) is 11.8. The van der Waals surface area contributed by atoms with Crippen LogP contribution < -0.4 is 10.6 Å². The molecule has 0 saturated carbocycles. The van der Waals surface area contributed by atoms with Gasteiger partial charge in [-0.25, -0.2) is 9.67 Å². The van der Waals surface area contributed by atoms with Crippen LogP contribution in [0.5, 0.6) is 0 Å². The van der Waals surface area contributed by atoms with Crippen molar-refractivity contribution in [2.45, 2.75) is 58.5 Å². The molecule has 2 N–H and O–H groups in total. The van der Waals surface area contributed by atoms with Crippen molar-refractivity contribution < 1.29 is 0 Å². The molecule has 0 fully saturated rings. The van der Waals surface area contributed by atoms with Gasteiger partial charge in [0.1, 0.15) is 0 Å². The molecule has 0 aromatic carbocycles. The molecular formula is C19H31IN6. The van der Waals surface area contributed by atoms with E-state index in [4.69, 9.17) is 0 Å². The van der Waals surface area contributed by atoms with Gasteiger partial charge < -0.3 is 10.6 Å². The zero-order valence-corrected chi connectivity index (χ0v) is 18.3. The van der Waals surface area contributed by atoms with Gasteiger partial charge in [-0.3, -0.25) is 4.99 Å². The molecule has 1 atom stereocenters. The fourth-order valence-corrected chi connectivity index (χ4v) is 2.66. The number of hydrogen-bond donors (Lipinski definition) is 2. The predicted molar refractivity (Wildman–Crippen MR) is 118 cm³/mol. The maximum Gasteiger partial charge on any atom is 0.191 e. The lowest BCUT2D eigenvalue weighted by atomic mass is 10.1. The number of halogens is 1. The summed E-state index contributed by atoms with van der Waals surface area (Å²) in [5.74, 6) is 1.65. The van der Waals surface area contributed by atoms with Crippen molar-refractivity contribution in [2.24, 2.45) is 4.99 Å². The largest absolute Gasteiger partial charge is 0.354 e. The summed E-state index contributed by atoms with van der Waals surface area (Å²) in [5.41, 5.74) is 1.14. The van der Waals surface area contributed by atoms with Crippen molar-refractivity contribution in [2.75, 3.05) is 7.05 Å². The van der Waals surface area contributed by atoms with Crippen LogP contribution in [0.1, 0.15) is 51.5 Å². The number of nitrogens with one attached hydrogen (secondary N) is 2. The highest BCUT2D eigenvalue weighted by molar-refractivity contribution is 14.0. The first-order chi connectivity index (χ1) is 12.2. The van der Waals surface area contributed by atoms with E-state index in [1.165, 1.54) is 32.1 Å². The highest BCUT2D eigenvalue weighted by Crippen LogP contribution is 2.07. The monoisotopic (exact) mass is 470 g/mol. The van der Waals surface area contributed by atoms with Gasteiger partial charge in [-0.1, -0.05) is 32.6 Å². The summed E-state index contributed by atoms with van der Waals surface area (Å²) in [7, 11) is 1.81. The van der Waals surface area contributed by atoms with Crippen LogP contribution >= 0.6 is 24.0 Å². The Balaban J connectivity index is 0.00000338. The number of guanidine groups is 1. The second kappa shape index (κ2) is 12.7. The van der Waals surface area contributed by atoms with E-state index >= 15 is 0 Å². The van der Waals surface area contributed by atoms with E-state index in [0.29, 0.717) is 12.6 Å². The third-order valence-electron chi connectivity index (χ3n) is 4.11. The smallest absolute Gasteiger partial charge is 0.191 e. The van der Waals surface area contributed by atoms with Gasteiger partial charge in [0.25, 0.3) is 0 Å². The maximum atomic E-state index is 4.35. The van der Waals surface area contributed by atoms with Crippen LogP contribution in [0.3, 0.4) is 0 Å². The minimum absolute atomic E-state index is 0. The summed E-state index contributed by atoms with van der Waals surface area (Å²) in [6, 6.07) is 6.34. The Labute approximate surface area is 173 Å². The quantitative estimate of drug-likeness (QED) is 0.253. The third-order valence-corrected chi connectivity index (χ3v) is 4.11. The summed E-state index contributed by atoms with van der Waals surface area (Å²) in [5, 5.41) is 11.1. The fraction of sp³-hybridized carbons (Fsp3) is 0.526. The number of nitrogens with zero attached hydrogens (tertiary/aromatic N) is 4. The van der Waals surface area contributed by atoms with E-state index < -0.39 is 0 Å². The Hall–Kier alpha value is -1.64. The molecule has 26 heavy (non-hydrogen) atoms. The van der Waals surface area contributed by atoms with Gasteiger partial charge in [-0.05, 0) is 37.1 Å². The van der Waals surface area contributed by atoms with Crippen LogP contribution in [0.2, 0.25) is 0 Å². The first-order valence-electron chi connectivity index (χ1n) is 9.15. The number of hydrogen-bond acceptors (Lipinski definition) is 3. The zero-order chi connectivity index (χ0) is 17.9. The lowest BCUT2D eigenvalue weighted by molar-refractivity contribution is 0.537. The number of unbranched alkanes of at least 4 members (excludes halogenated alkanes) is 3. The van der Waals surface area contributed by atoms with E-state index in [0.717, 1.165) is 17.3 Å². The Morgan fingerprint density at radius 2 is 2.12 bits per heavy atom. The maximum absolute atomic E-state index is 4.35. The van der Waals surface area contributed by atoms with Crippen LogP contribution in [0.25, 0.3) is 5.82 Å². The van der Waals surface area contributed by atoms with Gasteiger partial charge in [-0.15, -0.1) is 24.0 Å². The van der Waals surface area contributed by atoms with Gasteiger partial charge in [0.2, 0.25) is 0 Å². The predicted octanol–water partition coefficient (Wildman–Crippen LogP) is 3.91. The van der Waals surface area contributed by atoms with E-state index in [9.17, 15) is 0 Å². The van der Waals surface area contributed by atoms with Crippen molar-refractivity contribution in [3.05, 3.63) is 42.4 Å². The Morgan fingerprint density at radius 3 is 2.81 bits per heavy atom. The van der Waals surface area contributed by atoms with Gasteiger partial charge in [0.05, 0.1) is 0 Å². The molecule has 2 aromatic rings. The molecular weight excluding hydrogens is 439 g/mol. The highest BCUT2D eigenvalue weighted by atomic mass is 127. The van der Waals surface area contributed by atoms with Crippen molar-refractivity contribution in [3.8, 4) is 5.82 Å². The van der Waals surface area contributed by atoms with Crippen LogP contribution in [0.4, 0.5) is 0 Å². The van der Waals surface area contributed by atoms with E-state index in [1.807, 2.05) is 24.4 Å². The molecule has 0 saturated heterocycles. The molecule has 0 aliphatic rings. The molecule has 0 spiro atoms. The second-order valence-corrected chi connectivity index (χ2v) is 6.29. The SMILES string of the molecule is CCCCCCC(C)NC(=NC)NCc1ccnc(-n2cccn2)c1.I. The molecule has 2 aromatic heterocycles. The van der Waals surface area contributed by atoms with Crippen LogP contribution in [-0.2, 0) is 6.54 Å². The summed E-state index contributed by atoms with van der Waals surface area (Å²) in [4.78, 5) is 8.67. The number of aliphatic imine (C=N–C) groups is 1. The van der Waals surface area contributed by atoms with Crippen LogP contribution in [-0.4, -0.2) is 33.8 Å². The molecule has 1 unspecified atom stereocenters.